The Labute approximate surface area is 158 Å². The van der Waals surface area contributed by atoms with Gasteiger partial charge in [0, 0.05) is 19.2 Å². The normalized spacial score (nSPS) is 22.1. The van der Waals surface area contributed by atoms with Crippen molar-refractivity contribution in [3.05, 3.63) is 45.4 Å². The maximum atomic E-state index is 13.5. The molecule has 142 valence electrons. The summed E-state index contributed by atoms with van der Waals surface area (Å²) in [5, 5.41) is 4.59. The number of hydrogen-bond donors (Lipinski definition) is 0. The van der Waals surface area contributed by atoms with Crippen LogP contribution in [0.1, 0.15) is 41.6 Å². The lowest BCUT2D eigenvalue weighted by Gasteiger charge is -2.26. The van der Waals surface area contributed by atoms with Gasteiger partial charge in [0.2, 0.25) is 11.7 Å². The largest absolute Gasteiger partial charge is 0.347 e. The minimum absolute atomic E-state index is 0.0240. The highest BCUT2D eigenvalue weighted by Crippen LogP contribution is 2.26. The molecule has 2 aliphatic heterocycles. The molecule has 2 unspecified atom stereocenters. The lowest BCUT2D eigenvalue weighted by atomic mass is 10.0. The topological polar surface area (TPSA) is 90.1 Å². The fraction of sp³-hybridized carbons (Fsp3) is 0.471. The molecule has 8 nitrogen and oxygen atoms in total. The number of halogens is 2. The van der Waals surface area contributed by atoms with Crippen LogP contribution in [0.25, 0.3) is 0 Å². The standard InChI is InChI=1S/C17H17ClFN5O3/c18-10-1-2-12(20-7-10)9-23-17(27)24-13(3-4-14(25)15(24)21-23)16(26)22-6-5-11(19)8-22/h1-2,7,11,13H,3-6,8-9H2. The average molecular weight is 394 g/mol. The lowest BCUT2D eigenvalue weighted by molar-refractivity contribution is -0.134. The second kappa shape index (κ2) is 6.88. The molecule has 0 aliphatic carbocycles. The first kappa shape index (κ1) is 17.8. The molecule has 1 fully saturated rings. The zero-order chi connectivity index (χ0) is 19.1. The Bertz CT molecular complexity index is 954. The molecule has 1 amide bonds. The molecule has 0 spiro atoms. The molecule has 27 heavy (non-hydrogen) atoms. The van der Waals surface area contributed by atoms with Crippen molar-refractivity contribution in [1.29, 1.82) is 0 Å². The number of amides is 1. The summed E-state index contributed by atoms with van der Waals surface area (Å²) in [6.45, 7) is 0.397. The zero-order valence-electron chi connectivity index (χ0n) is 14.3. The molecule has 2 atom stereocenters. The van der Waals surface area contributed by atoms with Gasteiger partial charge >= 0.3 is 5.69 Å². The second-order valence-corrected chi connectivity index (χ2v) is 7.19. The molecule has 2 aliphatic rings. The third-order valence-electron chi connectivity index (χ3n) is 4.90. The molecule has 4 rings (SSSR count). The quantitative estimate of drug-likeness (QED) is 0.782. The molecule has 2 aromatic heterocycles. The van der Waals surface area contributed by atoms with Crippen LogP contribution in [-0.2, 0) is 11.3 Å². The van der Waals surface area contributed by atoms with E-state index in [-0.39, 0.29) is 43.4 Å². The van der Waals surface area contributed by atoms with Gasteiger partial charge in [-0.15, -0.1) is 5.10 Å². The number of Topliss-reactive ketones (excluding diaryl/α,β-unsaturated/α-hetero) is 1. The zero-order valence-corrected chi connectivity index (χ0v) is 15.1. The number of nitrogens with zero attached hydrogens (tertiary/aromatic N) is 5. The van der Waals surface area contributed by atoms with Gasteiger partial charge in [-0.2, -0.15) is 0 Å². The molecule has 0 radical (unpaired) electrons. The molecule has 1 saturated heterocycles. The predicted molar refractivity (Wildman–Crippen MR) is 93.5 cm³/mol. The number of rotatable bonds is 3. The van der Waals surface area contributed by atoms with Gasteiger partial charge in [-0.05, 0) is 25.0 Å². The molecular formula is C17H17ClFN5O3. The Morgan fingerprint density at radius 3 is 2.78 bits per heavy atom. The van der Waals surface area contributed by atoms with Crippen LogP contribution in [0.5, 0.6) is 0 Å². The molecule has 2 aromatic rings. The van der Waals surface area contributed by atoms with Crippen molar-refractivity contribution in [1.82, 2.24) is 24.2 Å². The monoisotopic (exact) mass is 393 g/mol. The summed E-state index contributed by atoms with van der Waals surface area (Å²) in [5.74, 6) is -0.659. The van der Waals surface area contributed by atoms with Gasteiger partial charge in [0.1, 0.15) is 12.2 Å². The van der Waals surface area contributed by atoms with E-state index in [4.69, 9.17) is 11.6 Å². The number of carbonyl (C=O) groups excluding carboxylic acids is 2. The van der Waals surface area contributed by atoms with E-state index in [0.717, 1.165) is 9.25 Å². The van der Waals surface area contributed by atoms with E-state index in [9.17, 15) is 18.8 Å². The van der Waals surface area contributed by atoms with E-state index < -0.39 is 17.9 Å². The SMILES string of the molecule is O=C1CCC(C(=O)N2CCC(F)C2)n2c1nn(Cc1ccc(Cl)cn1)c2=O. The second-order valence-electron chi connectivity index (χ2n) is 6.75. The molecule has 10 heteroatoms. The first-order valence-electron chi connectivity index (χ1n) is 8.70. The Morgan fingerprint density at radius 2 is 2.11 bits per heavy atom. The van der Waals surface area contributed by atoms with Crippen LogP contribution in [-0.4, -0.2) is 55.2 Å². The summed E-state index contributed by atoms with van der Waals surface area (Å²) in [6.07, 6.45) is 1.03. The number of fused-ring (bicyclic) bond motifs is 1. The Morgan fingerprint density at radius 1 is 1.30 bits per heavy atom. The lowest BCUT2D eigenvalue weighted by Crippen LogP contribution is -2.42. The van der Waals surface area contributed by atoms with Gasteiger partial charge in [-0.1, -0.05) is 11.6 Å². The van der Waals surface area contributed by atoms with Crippen LogP contribution in [0.15, 0.2) is 23.1 Å². The van der Waals surface area contributed by atoms with Crippen LogP contribution in [0.2, 0.25) is 5.02 Å². The van der Waals surface area contributed by atoms with Crippen LogP contribution < -0.4 is 5.69 Å². The third-order valence-corrected chi connectivity index (χ3v) is 5.13. The van der Waals surface area contributed by atoms with Crippen molar-refractivity contribution in [2.45, 2.75) is 38.0 Å². The van der Waals surface area contributed by atoms with Gasteiger partial charge in [-0.3, -0.25) is 19.1 Å². The number of ketones is 1. The number of pyridine rings is 1. The van der Waals surface area contributed by atoms with E-state index in [2.05, 4.69) is 10.1 Å². The molecule has 0 bridgehead atoms. The number of carbonyl (C=O) groups is 2. The van der Waals surface area contributed by atoms with Crippen molar-refractivity contribution < 1.29 is 14.0 Å². The average Bonchev–Trinajstić information content (AvgIpc) is 3.22. The highest BCUT2D eigenvalue weighted by atomic mass is 35.5. The Hall–Kier alpha value is -2.55. The first-order chi connectivity index (χ1) is 12.9. The van der Waals surface area contributed by atoms with Gasteiger partial charge in [0.05, 0.1) is 23.8 Å². The van der Waals surface area contributed by atoms with Gasteiger partial charge in [0.25, 0.3) is 0 Å². The van der Waals surface area contributed by atoms with Gasteiger partial charge in [0.15, 0.2) is 5.78 Å². The number of hydrogen-bond acceptors (Lipinski definition) is 5. The molecule has 0 N–H and O–H groups in total. The number of likely N-dealkylation sites (tertiary alicyclic amines) is 1. The molecule has 0 aromatic carbocycles. The number of alkyl halides is 1. The Balaban J connectivity index is 1.66. The molecule has 0 saturated carbocycles. The van der Waals surface area contributed by atoms with Crippen LogP contribution >= 0.6 is 11.6 Å². The van der Waals surface area contributed by atoms with Crippen molar-refractivity contribution >= 4 is 23.3 Å². The summed E-state index contributed by atoms with van der Waals surface area (Å²) in [5.41, 5.74) is -0.00349. The van der Waals surface area contributed by atoms with Crippen LogP contribution in [0.3, 0.4) is 0 Å². The van der Waals surface area contributed by atoms with Gasteiger partial charge in [-0.25, -0.2) is 13.9 Å². The fourth-order valence-corrected chi connectivity index (χ4v) is 3.63. The van der Waals surface area contributed by atoms with Crippen molar-refractivity contribution in [2.75, 3.05) is 13.1 Å². The van der Waals surface area contributed by atoms with E-state index >= 15 is 0 Å². The summed E-state index contributed by atoms with van der Waals surface area (Å²) < 4.78 is 15.7. The fourth-order valence-electron chi connectivity index (χ4n) is 3.52. The van der Waals surface area contributed by atoms with Crippen molar-refractivity contribution in [3.8, 4) is 0 Å². The van der Waals surface area contributed by atoms with E-state index in [1.165, 1.54) is 11.1 Å². The minimum atomic E-state index is -1.05. The van der Waals surface area contributed by atoms with Crippen LogP contribution in [0, 0.1) is 0 Å². The number of aromatic nitrogens is 4. The molecule has 4 heterocycles. The highest BCUT2D eigenvalue weighted by molar-refractivity contribution is 6.30. The maximum Gasteiger partial charge on any atom is 0.347 e. The third kappa shape index (κ3) is 3.27. The van der Waals surface area contributed by atoms with Crippen molar-refractivity contribution in [3.63, 3.8) is 0 Å². The highest BCUT2D eigenvalue weighted by Gasteiger charge is 2.38. The van der Waals surface area contributed by atoms with E-state index in [0.29, 0.717) is 23.7 Å². The van der Waals surface area contributed by atoms with Crippen LogP contribution in [0.4, 0.5) is 4.39 Å². The summed E-state index contributed by atoms with van der Waals surface area (Å²) in [7, 11) is 0. The summed E-state index contributed by atoms with van der Waals surface area (Å²) in [4.78, 5) is 43.4. The van der Waals surface area contributed by atoms with E-state index in [1.807, 2.05) is 0 Å². The predicted octanol–water partition coefficient (Wildman–Crippen LogP) is 1.23. The summed E-state index contributed by atoms with van der Waals surface area (Å²) >= 11 is 5.81. The smallest absolute Gasteiger partial charge is 0.338 e. The Kier molecular flexibility index (Phi) is 4.55. The van der Waals surface area contributed by atoms with Gasteiger partial charge < -0.3 is 4.90 Å². The van der Waals surface area contributed by atoms with E-state index in [1.54, 1.807) is 12.1 Å². The molecular weight excluding hydrogens is 377 g/mol. The van der Waals surface area contributed by atoms with Crippen molar-refractivity contribution in [2.24, 2.45) is 0 Å². The first-order valence-corrected chi connectivity index (χ1v) is 9.07. The summed E-state index contributed by atoms with van der Waals surface area (Å²) in [6, 6.07) is 2.47. The minimum Gasteiger partial charge on any atom is -0.338 e. The maximum absolute atomic E-state index is 13.5.